The van der Waals surface area contributed by atoms with Gasteiger partial charge in [0.15, 0.2) is 0 Å². The molecule has 0 heterocycles. The minimum absolute atomic E-state index is 0.368. The predicted molar refractivity (Wildman–Crippen MR) is 91.5 cm³/mol. The minimum Gasteiger partial charge on any atom is -0.310 e. The van der Waals surface area contributed by atoms with Gasteiger partial charge in [0.05, 0.1) is 0 Å². The van der Waals surface area contributed by atoms with Gasteiger partial charge in [0.1, 0.15) is 0 Å². The highest BCUT2D eigenvalue weighted by Gasteiger charge is 2.09. The standard InChI is InChI=1S/C17H20BrNS/c1-4-19-13(3)16-10-9-15(11-17(16)18)20-14-7-5-12(2)6-8-14/h5-11,13,19H,4H2,1-3H3. The van der Waals surface area contributed by atoms with Gasteiger partial charge in [-0.15, -0.1) is 0 Å². The Balaban J connectivity index is 2.14. The third kappa shape index (κ3) is 4.11. The molecule has 2 rings (SSSR count). The number of benzene rings is 2. The van der Waals surface area contributed by atoms with E-state index >= 15 is 0 Å². The maximum Gasteiger partial charge on any atom is 0.0302 e. The van der Waals surface area contributed by atoms with E-state index in [2.05, 4.69) is 84.5 Å². The van der Waals surface area contributed by atoms with Crippen molar-refractivity contribution in [2.45, 2.75) is 36.6 Å². The summed E-state index contributed by atoms with van der Waals surface area (Å²) in [6.07, 6.45) is 0. The van der Waals surface area contributed by atoms with Crippen LogP contribution in [0.1, 0.15) is 31.0 Å². The van der Waals surface area contributed by atoms with Crippen LogP contribution < -0.4 is 5.32 Å². The number of hydrogen-bond acceptors (Lipinski definition) is 2. The molecule has 2 aromatic rings. The molecule has 0 radical (unpaired) electrons. The fraction of sp³-hybridized carbons (Fsp3) is 0.294. The van der Waals surface area contributed by atoms with Crippen LogP contribution >= 0.6 is 27.7 Å². The topological polar surface area (TPSA) is 12.0 Å². The zero-order valence-electron chi connectivity index (χ0n) is 12.1. The molecule has 1 unspecified atom stereocenters. The first-order valence-electron chi connectivity index (χ1n) is 6.87. The first-order chi connectivity index (χ1) is 9.60. The molecule has 0 aliphatic heterocycles. The second-order valence-corrected chi connectivity index (χ2v) is 6.88. The Morgan fingerprint density at radius 1 is 1.10 bits per heavy atom. The Morgan fingerprint density at radius 3 is 2.35 bits per heavy atom. The zero-order chi connectivity index (χ0) is 14.5. The molecule has 1 nitrogen and oxygen atoms in total. The summed E-state index contributed by atoms with van der Waals surface area (Å²) < 4.78 is 1.17. The van der Waals surface area contributed by atoms with Crippen molar-refractivity contribution in [3.05, 3.63) is 58.1 Å². The molecule has 3 heteroatoms. The van der Waals surface area contributed by atoms with Gasteiger partial charge in [0.25, 0.3) is 0 Å². The number of nitrogens with one attached hydrogen (secondary N) is 1. The minimum atomic E-state index is 0.368. The molecule has 0 saturated heterocycles. The maximum atomic E-state index is 3.69. The van der Waals surface area contributed by atoms with Crippen LogP contribution in [0.4, 0.5) is 0 Å². The lowest BCUT2D eigenvalue weighted by Gasteiger charge is -2.15. The predicted octanol–water partition coefficient (Wildman–Crippen LogP) is 5.58. The second-order valence-electron chi connectivity index (χ2n) is 4.88. The third-order valence-corrected chi connectivity index (χ3v) is 4.89. The lowest BCUT2D eigenvalue weighted by Crippen LogP contribution is -2.17. The van der Waals surface area contributed by atoms with Gasteiger partial charge in [-0.3, -0.25) is 0 Å². The second kappa shape index (κ2) is 7.30. The molecule has 0 fully saturated rings. The molecule has 0 aromatic heterocycles. The normalized spacial score (nSPS) is 12.4. The van der Waals surface area contributed by atoms with Crippen LogP contribution in [0.2, 0.25) is 0 Å². The molecule has 0 amide bonds. The first-order valence-corrected chi connectivity index (χ1v) is 8.48. The van der Waals surface area contributed by atoms with Crippen LogP contribution in [0.3, 0.4) is 0 Å². The molecule has 1 N–H and O–H groups in total. The highest BCUT2D eigenvalue weighted by Crippen LogP contribution is 2.32. The summed E-state index contributed by atoms with van der Waals surface area (Å²) in [6, 6.07) is 15.6. The van der Waals surface area contributed by atoms with Crippen LogP contribution in [-0.4, -0.2) is 6.54 Å². The van der Waals surface area contributed by atoms with Gasteiger partial charge in [-0.1, -0.05) is 58.4 Å². The summed E-state index contributed by atoms with van der Waals surface area (Å²) in [7, 11) is 0. The van der Waals surface area contributed by atoms with Crippen molar-refractivity contribution in [1.82, 2.24) is 5.32 Å². The fourth-order valence-corrected chi connectivity index (χ4v) is 3.81. The van der Waals surface area contributed by atoms with Crippen LogP contribution in [0.5, 0.6) is 0 Å². The Bertz CT molecular complexity index is 566. The lowest BCUT2D eigenvalue weighted by atomic mass is 10.1. The molecule has 0 spiro atoms. The molecule has 0 aliphatic carbocycles. The van der Waals surface area contributed by atoms with Crippen molar-refractivity contribution in [3.8, 4) is 0 Å². The van der Waals surface area contributed by atoms with E-state index in [9.17, 15) is 0 Å². The SMILES string of the molecule is CCNC(C)c1ccc(Sc2ccc(C)cc2)cc1Br. The van der Waals surface area contributed by atoms with Gasteiger partial charge in [-0.25, -0.2) is 0 Å². The number of hydrogen-bond donors (Lipinski definition) is 1. The van der Waals surface area contributed by atoms with E-state index in [0.29, 0.717) is 6.04 Å². The molecule has 0 aliphatic rings. The summed E-state index contributed by atoms with van der Waals surface area (Å²) >= 11 is 5.48. The molecule has 1 atom stereocenters. The summed E-state index contributed by atoms with van der Waals surface area (Å²) in [5.74, 6) is 0. The maximum absolute atomic E-state index is 3.69. The van der Waals surface area contributed by atoms with Crippen molar-refractivity contribution in [3.63, 3.8) is 0 Å². The quantitative estimate of drug-likeness (QED) is 0.756. The van der Waals surface area contributed by atoms with Crippen LogP contribution in [0, 0.1) is 6.92 Å². The summed E-state index contributed by atoms with van der Waals surface area (Å²) in [5, 5.41) is 3.44. The zero-order valence-corrected chi connectivity index (χ0v) is 14.5. The fourth-order valence-electron chi connectivity index (χ4n) is 2.08. The Morgan fingerprint density at radius 2 is 1.75 bits per heavy atom. The highest BCUT2D eigenvalue weighted by molar-refractivity contribution is 9.10. The van der Waals surface area contributed by atoms with Crippen LogP contribution in [-0.2, 0) is 0 Å². The van der Waals surface area contributed by atoms with E-state index < -0.39 is 0 Å². The largest absolute Gasteiger partial charge is 0.310 e. The van der Waals surface area contributed by atoms with Gasteiger partial charge in [0, 0.05) is 20.3 Å². The van der Waals surface area contributed by atoms with Gasteiger partial charge < -0.3 is 5.32 Å². The molecule has 0 saturated carbocycles. The molecule has 0 bridgehead atoms. The Labute approximate surface area is 134 Å². The monoisotopic (exact) mass is 349 g/mol. The van der Waals surface area contributed by atoms with Crippen molar-refractivity contribution in [1.29, 1.82) is 0 Å². The van der Waals surface area contributed by atoms with Crippen LogP contribution in [0.25, 0.3) is 0 Å². The van der Waals surface area contributed by atoms with Crippen LogP contribution in [0.15, 0.2) is 56.7 Å². The molecule has 20 heavy (non-hydrogen) atoms. The molecular weight excluding hydrogens is 330 g/mol. The van der Waals surface area contributed by atoms with Crippen molar-refractivity contribution in [2.24, 2.45) is 0 Å². The molecule has 106 valence electrons. The van der Waals surface area contributed by atoms with Gasteiger partial charge in [-0.05, 0) is 50.2 Å². The lowest BCUT2D eigenvalue weighted by molar-refractivity contribution is 0.595. The van der Waals surface area contributed by atoms with E-state index in [0.717, 1.165) is 6.54 Å². The summed E-state index contributed by atoms with van der Waals surface area (Å²) in [6.45, 7) is 7.41. The summed E-state index contributed by atoms with van der Waals surface area (Å²) in [5.41, 5.74) is 2.60. The first kappa shape index (κ1) is 15.6. The average molecular weight is 350 g/mol. The summed E-state index contributed by atoms with van der Waals surface area (Å²) in [4.78, 5) is 2.53. The number of halogens is 1. The average Bonchev–Trinajstić information content (AvgIpc) is 2.42. The van der Waals surface area contributed by atoms with Crippen molar-refractivity contribution >= 4 is 27.7 Å². The number of aryl methyl sites for hydroxylation is 1. The van der Waals surface area contributed by atoms with Gasteiger partial charge in [-0.2, -0.15) is 0 Å². The molecular formula is C17H20BrNS. The van der Waals surface area contributed by atoms with E-state index in [4.69, 9.17) is 0 Å². The highest BCUT2D eigenvalue weighted by atomic mass is 79.9. The number of rotatable bonds is 5. The van der Waals surface area contributed by atoms with Gasteiger partial charge >= 0.3 is 0 Å². The molecule has 2 aromatic carbocycles. The Hall–Kier alpha value is -0.770. The van der Waals surface area contributed by atoms with E-state index in [-0.39, 0.29) is 0 Å². The van der Waals surface area contributed by atoms with Crippen molar-refractivity contribution in [2.75, 3.05) is 6.54 Å². The van der Waals surface area contributed by atoms with E-state index in [1.165, 1.54) is 25.4 Å². The van der Waals surface area contributed by atoms with Crippen molar-refractivity contribution < 1.29 is 0 Å². The van der Waals surface area contributed by atoms with Gasteiger partial charge in [0.2, 0.25) is 0 Å². The van der Waals surface area contributed by atoms with E-state index in [1.54, 1.807) is 11.8 Å². The smallest absolute Gasteiger partial charge is 0.0302 e. The van der Waals surface area contributed by atoms with E-state index in [1.807, 2.05) is 0 Å². The third-order valence-electron chi connectivity index (χ3n) is 3.21. The Kier molecular flexibility index (Phi) is 5.70.